The van der Waals surface area contributed by atoms with E-state index in [0.29, 0.717) is 32.2 Å². The standard InChI is InChI=1S/C22H29N3O3/c1-24(2)14-17-15-25(10-11-28-16-17)22(26)23-20-8-4-6-18(12-20)19-7-5-9-21(13-19)27-3/h4-9,12-13,17H,10-11,14-16H2,1-3H3,(H,23,26). The molecule has 0 spiro atoms. The Balaban J connectivity index is 1.69. The molecule has 1 heterocycles. The second-order valence-electron chi connectivity index (χ2n) is 7.39. The fraction of sp³-hybridized carbons (Fsp3) is 0.409. The molecule has 2 aromatic rings. The van der Waals surface area contributed by atoms with Gasteiger partial charge in [0.05, 0.1) is 20.3 Å². The van der Waals surface area contributed by atoms with Gasteiger partial charge in [0.15, 0.2) is 0 Å². The van der Waals surface area contributed by atoms with Gasteiger partial charge in [0, 0.05) is 31.2 Å². The lowest BCUT2D eigenvalue weighted by Gasteiger charge is -2.25. The van der Waals surface area contributed by atoms with Gasteiger partial charge in [-0.1, -0.05) is 24.3 Å². The largest absolute Gasteiger partial charge is 0.497 e. The lowest BCUT2D eigenvalue weighted by molar-refractivity contribution is 0.112. The number of hydrogen-bond acceptors (Lipinski definition) is 4. The van der Waals surface area contributed by atoms with Crippen LogP contribution in [-0.4, -0.2) is 69.9 Å². The van der Waals surface area contributed by atoms with Crippen LogP contribution in [0.5, 0.6) is 5.75 Å². The molecule has 1 unspecified atom stereocenters. The van der Waals surface area contributed by atoms with E-state index in [4.69, 9.17) is 9.47 Å². The molecule has 2 amide bonds. The fourth-order valence-electron chi connectivity index (χ4n) is 3.47. The summed E-state index contributed by atoms with van der Waals surface area (Å²) in [6.45, 7) is 3.45. The summed E-state index contributed by atoms with van der Waals surface area (Å²) in [6.07, 6.45) is 0. The number of nitrogens with one attached hydrogen (secondary N) is 1. The van der Waals surface area contributed by atoms with Gasteiger partial charge in [0.2, 0.25) is 0 Å². The van der Waals surface area contributed by atoms with Gasteiger partial charge < -0.3 is 24.6 Å². The van der Waals surface area contributed by atoms with E-state index in [1.54, 1.807) is 7.11 Å². The third-order valence-electron chi connectivity index (χ3n) is 4.77. The van der Waals surface area contributed by atoms with Crippen LogP contribution in [0.4, 0.5) is 10.5 Å². The van der Waals surface area contributed by atoms with E-state index in [1.165, 1.54) is 0 Å². The molecule has 2 aromatic carbocycles. The van der Waals surface area contributed by atoms with Crippen molar-refractivity contribution < 1.29 is 14.3 Å². The Bertz CT molecular complexity index is 794. The summed E-state index contributed by atoms with van der Waals surface area (Å²) in [4.78, 5) is 16.8. The molecule has 0 aliphatic carbocycles. The maximum absolute atomic E-state index is 12.8. The molecule has 1 atom stereocenters. The first-order chi connectivity index (χ1) is 13.5. The van der Waals surface area contributed by atoms with Crippen molar-refractivity contribution in [2.24, 2.45) is 5.92 Å². The van der Waals surface area contributed by atoms with Gasteiger partial charge in [0.25, 0.3) is 0 Å². The zero-order chi connectivity index (χ0) is 19.9. The van der Waals surface area contributed by atoms with Crippen molar-refractivity contribution in [3.63, 3.8) is 0 Å². The van der Waals surface area contributed by atoms with E-state index in [9.17, 15) is 4.79 Å². The molecule has 0 aromatic heterocycles. The van der Waals surface area contributed by atoms with Gasteiger partial charge in [0.1, 0.15) is 5.75 Å². The minimum absolute atomic E-state index is 0.0861. The van der Waals surface area contributed by atoms with Crippen LogP contribution in [-0.2, 0) is 4.74 Å². The first kappa shape index (κ1) is 20.2. The Morgan fingerprint density at radius 3 is 2.71 bits per heavy atom. The minimum atomic E-state index is -0.0861. The number of carbonyl (C=O) groups excluding carboxylic acids is 1. The predicted octanol–water partition coefficient (Wildman–Crippen LogP) is 3.40. The number of anilines is 1. The topological polar surface area (TPSA) is 54.0 Å². The van der Waals surface area contributed by atoms with Gasteiger partial charge in [-0.3, -0.25) is 0 Å². The molecule has 1 N–H and O–H groups in total. The highest BCUT2D eigenvalue weighted by molar-refractivity contribution is 5.90. The van der Waals surface area contributed by atoms with E-state index in [1.807, 2.05) is 67.5 Å². The molecule has 0 saturated carbocycles. The van der Waals surface area contributed by atoms with Crippen molar-refractivity contribution in [1.29, 1.82) is 0 Å². The molecule has 3 rings (SSSR count). The molecule has 150 valence electrons. The number of ether oxygens (including phenoxy) is 2. The Morgan fingerprint density at radius 1 is 1.21 bits per heavy atom. The van der Waals surface area contributed by atoms with Crippen molar-refractivity contribution in [3.8, 4) is 16.9 Å². The van der Waals surface area contributed by atoms with E-state index >= 15 is 0 Å². The zero-order valence-corrected chi connectivity index (χ0v) is 16.9. The third-order valence-corrected chi connectivity index (χ3v) is 4.77. The summed E-state index contributed by atoms with van der Waals surface area (Å²) in [5.74, 6) is 1.12. The number of urea groups is 1. The SMILES string of the molecule is COc1cccc(-c2cccc(NC(=O)N3CCOCC(CN(C)C)C3)c2)c1. The van der Waals surface area contributed by atoms with Crippen LogP contribution in [0.1, 0.15) is 0 Å². The monoisotopic (exact) mass is 383 g/mol. The first-order valence-electron chi connectivity index (χ1n) is 9.58. The first-order valence-corrected chi connectivity index (χ1v) is 9.58. The Labute approximate surface area is 167 Å². The second-order valence-corrected chi connectivity index (χ2v) is 7.39. The van der Waals surface area contributed by atoms with Gasteiger partial charge in [-0.25, -0.2) is 4.79 Å². The molecule has 28 heavy (non-hydrogen) atoms. The number of hydrogen-bond donors (Lipinski definition) is 1. The Morgan fingerprint density at radius 2 is 1.96 bits per heavy atom. The molecule has 1 saturated heterocycles. The summed E-state index contributed by atoms with van der Waals surface area (Å²) >= 11 is 0. The quantitative estimate of drug-likeness (QED) is 0.860. The maximum Gasteiger partial charge on any atom is 0.321 e. The maximum atomic E-state index is 12.8. The van der Waals surface area contributed by atoms with Crippen molar-refractivity contribution in [3.05, 3.63) is 48.5 Å². The average molecular weight is 383 g/mol. The van der Waals surface area contributed by atoms with Crippen LogP contribution in [0.3, 0.4) is 0 Å². The summed E-state index contributed by atoms with van der Waals surface area (Å²) in [6, 6.07) is 15.7. The Kier molecular flexibility index (Phi) is 6.90. The third kappa shape index (κ3) is 5.47. The number of rotatable bonds is 5. The summed E-state index contributed by atoms with van der Waals surface area (Å²) < 4.78 is 11.0. The molecule has 1 fully saturated rings. The molecule has 0 bridgehead atoms. The molecule has 1 aliphatic rings. The molecule has 6 nitrogen and oxygen atoms in total. The van der Waals surface area contributed by atoms with Gasteiger partial charge >= 0.3 is 6.03 Å². The van der Waals surface area contributed by atoms with E-state index in [2.05, 4.69) is 10.2 Å². The normalized spacial score (nSPS) is 17.3. The number of carbonyl (C=O) groups is 1. The Hall–Kier alpha value is -2.57. The summed E-state index contributed by atoms with van der Waals surface area (Å²) in [5, 5.41) is 3.04. The van der Waals surface area contributed by atoms with Crippen LogP contribution in [0, 0.1) is 5.92 Å². The zero-order valence-electron chi connectivity index (χ0n) is 16.9. The minimum Gasteiger partial charge on any atom is -0.497 e. The van der Waals surface area contributed by atoms with Crippen LogP contribution in [0.15, 0.2) is 48.5 Å². The van der Waals surface area contributed by atoms with E-state index in [-0.39, 0.29) is 6.03 Å². The number of benzene rings is 2. The highest BCUT2D eigenvalue weighted by Gasteiger charge is 2.23. The van der Waals surface area contributed by atoms with E-state index in [0.717, 1.165) is 29.1 Å². The fourth-order valence-corrected chi connectivity index (χ4v) is 3.47. The average Bonchev–Trinajstić information content (AvgIpc) is 2.93. The van der Waals surface area contributed by atoms with E-state index < -0.39 is 0 Å². The molecular weight excluding hydrogens is 354 g/mol. The molecule has 6 heteroatoms. The van der Waals surface area contributed by atoms with Crippen molar-refractivity contribution in [2.45, 2.75) is 0 Å². The molecule has 0 radical (unpaired) electrons. The number of methoxy groups -OCH3 is 1. The predicted molar refractivity (Wildman–Crippen MR) is 112 cm³/mol. The van der Waals surface area contributed by atoms with Crippen molar-refractivity contribution in [1.82, 2.24) is 9.80 Å². The lowest BCUT2D eigenvalue weighted by atomic mass is 10.0. The smallest absolute Gasteiger partial charge is 0.321 e. The van der Waals surface area contributed by atoms with Gasteiger partial charge in [-0.2, -0.15) is 0 Å². The van der Waals surface area contributed by atoms with Crippen LogP contribution < -0.4 is 10.1 Å². The summed E-state index contributed by atoms with van der Waals surface area (Å²) in [7, 11) is 5.74. The highest BCUT2D eigenvalue weighted by atomic mass is 16.5. The van der Waals surface area contributed by atoms with Crippen LogP contribution in [0.25, 0.3) is 11.1 Å². The van der Waals surface area contributed by atoms with Crippen molar-refractivity contribution in [2.75, 3.05) is 59.4 Å². The number of amides is 2. The number of nitrogens with zero attached hydrogens (tertiary/aromatic N) is 2. The lowest BCUT2D eigenvalue weighted by Crippen LogP contribution is -2.41. The molecule has 1 aliphatic heterocycles. The van der Waals surface area contributed by atoms with Crippen LogP contribution >= 0.6 is 0 Å². The summed E-state index contributed by atoms with van der Waals surface area (Å²) in [5.41, 5.74) is 2.85. The van der Waals surface area contributed by atoms with Crippen molar-refractivity contribution >= 4 is 11.7 Å². The highest BCUT2D eigenvalue weighted by Crippen LogP contribution is 2.26. The van der Waals surface area contributed by atoms with Crippen LogP contribution in [0.2, 0.25) is 0 Å². The molecular formula is C22H29N3O3. The van der Waals surface area contributed by atoms with Gasteiger partial charge in [-0.15, -0.1) is 0 Å². The van der Waals surface area contributed by atoms with Gasteiger partial charge in [-0.05, 0) is 49.5 Å². The second kappa shape index (κ2) is 9.57.